The van der Waals surface area contributed by atoms with Crippen molar-refractivity contribution in [3.63, 3.8) is 0 Å². The number of rotatable bonds is 4. The number of piperazine rings is 1. The van der Waals surface area contributed by atoms with Gasteiger partial charge in [-0.25, -0.2) is 0 Å². The zero-order valence-corrected chi connectivity index (χ0v) is 15.5. The summed E-state index contributed by atoms with van der Waals surface area (Å²) in [6.07, 6.45) is 0.405. The Morgan fingerprint density at radius 1 is 1.04 bits per heavy atom. The van der Waals surface area contributed by atoms with E-state index in [1.54, 1.807) is 36.3 Å². The normalized spacial score (nSPS) is 14.4. The highest BCUT2D eigenvalue weighted by Gasteiger charge is 2.25. The van der Waals surface area contributed by atoms with Gasteiger partial charge in [-0.15, -0.1) is 0 Å². The number of nitrogens with one attached hydrogen (secondary N) is 1. The highest BCUT2D eigenvalue weighted by molar-refractivity contribution is 5.94. The molecule has 0 radical (unpaired) electrons. The lowest BCUT2D eigenvalue weighted by atomic mass is 10.1. The SMILES string of the molecule is COc1ccc(C(=O)N2CCN(C(=O)Cc3cc(C)[nH]c3C)CC2)cc1. The third-order valence-electron chi connectivity index (χ3n) is 4.86. The quantitative estimate of drug-likeness (QED) is 0.914. The fraction of sp³-hybridized carbons (Fsp3) is 0.400. The van der Waals surface area contributed by atoms with Gasteiger partial charge in [0.25, 0.3) is 5.91 Å². The van der Waals surface area contributed by atoms with Crippen molar-refractivity contribution in [1.82, 2.24) is 14.8 Å². The first-order chi connectivity index (χ1) is 12.5. The van der Waals surface area contributed by atoms with Gasteiger partial charge in [-0.1, -0.05) is 0 Å². The van der Waals surface area contributed by atoms with E-state index < -0.39 is 0 Å². The number of ether oxygens (including phenoxy) is 1. The Labute approximate surface area is 153 Å². The van der Waals surface area contributed by atoms with E-state index in [1.807, 2.05) is 24.8 Å². The lowest BCUT2D eigenvalue weighted by molar-refractivity contribution is -0.131. The van der Waals surface area contributed by atoms with Crippen LogP contribution in [0.15, 0.2) is 30.3 Å². The van der Waals surface area contributed by atoms with Crippen molar-refractivity contribution in [3.05, 3.63) is 52.8 Å². The van der Waals surface area contributed by atoms with E-state index in [1.165, 1.54) is 0 Å². The summed E-state index contributed by atoms with van der Waals surface area (Å²) in [5, 5.41) is 0. The van der Waals surface area contributed by atoms with Crippen LogP contribution in [0.5, 0.6) is 5.75 Å². The Balaban J connectivity index is 1.55. The van der Waals surface area contributed by atoms with Crippen LogP contribution >= 0.6 is 0 Å². The number of aromatic nitrogens is 1. The molecule has 6 nitrogen and oxygen atoms in total. The average Bonchev–Trinajstić information content (AvgIpc) is 2.98. The monoisotopic (exact) mass is 355 g/mol. The van der Waals surface area contributed by atoms with Gasteiger partial charge < -0.3 is 19.5 Å². The van der Waals surface area contributed by atoms with Crippen molar-refractivity contribution in [1.29, 1.82) is 0 Å². The summed E-state index contributed by atoms with van der Waals surface area (Å²) >= 11 is 0. The van der Waals surface area contributed by atoms with E-state index in [4.69, 9.17) is 4.74 Å². The molecular weight excluding hydrogens is 330 g/mol. The summed E-state index contributed by atoms with van der Waals surface area (Å²) < 4.78 is 5.12. The van der Waals surface area contributed by atoms with Crippen molar-refractivity contribution in [2.24, 2.45) is 0 Å². The first kappa shape index (κ1) is 18.0. The van der Waals surface area contributed by atoms with E-state index in [-0.39, 0.29) is 11.8 Å². The van der Waals surface area contributed by atoms with E-state index in [2.05, 4.69) is 4.98 Å². The molecule has 0 aliphatic carbocycles. The highest BCUT2D eigenvalue weighted by atomic mass is 16.5. The zero-order chi connectivity index (χ0) is 18.7. The first-order valence-corrected chi connectivity index (χ1v) is 8.84. The van der Waals surface area contributed by atoms with Gasteiger partial charge in [0.05, 0.1) is 13.5 Å². The molecule has 1 saturated heterocycles. The fourth-order valence-electron chi connectivity index (χ4n) is 3.32. The number of hydrogen-bond acceptors (Lipinski definition) is 3. The molecular formula is C20H25N3O3. The maximum Gasteiger partial charge on any atom is 0.253 e. The van der Waals surface area contributed by atoms with Crippen LogP contribution < -0.4 is 4.74 Å². The molecule has 6 heteroatoms. The van der Waals surface area contributed by atoms with Gasteiger partial charge >= 0.3 is 0 Å². The minimum absolute atomic E-state index is 0.00291. The zero-order valence-electron chi connectivity index (χ0n) is 15.5. The number of H-pyrrole nitrogens is 1. The van der Waals surface area contributed by atoms with Crippen LogP contribution in [0.4, 0.5) is 0 Å². The average molecular weight is 355 g/mol. The van der Waals surface area contributed by atoms with Crippen LogP contribution in [0.25, 0.3) is 0 Å². The van der Waals surface area contributed by atoms with E-state index in [9.17, 15) is 9.59 Å². The second kappa shape index (κ2) is 7.64. The Morgan fingerprint density at radius 2 is 1.65 bits per heavy atom. The van der Waals surface area contributed by atoms with Gasteiger partial charge in [-0.3, -0.25) is 9.59 Å². The molecule has 2 amide bonds. The topological polar surface area (TPSA) is 65.6 Å². The van der Waals surface area contributed by atoms with Gasteiger partial charge in [0.2, 0.25) is 5.91 Å². The molecule has 1 fully saturated rings. The molecule has 1 N–H and O–H groups in total. The third-order valence-corrected chi connectivity index (χ3v) is 4.86. The summed E-state index contributed by atoms with van der Waals surface area (Å²) in [6, 6.07) is 9.14. The van der Waals surface area contributed by atoms with Gasteiger partial charge in [0.15, 0.2) is 0 Å². The van der Waals surface area contributed by atoms with E-state index >= 15 is 0 Å². The number of carbonyl (C=O) groups is 2. The third kappa shape index (κ3) is 3.90. The molecule has 1 aromatic heterocycles. The molecule has 0 unspecified atom stereocenters. The number of hydrogen-bond donors (Lipinski definition) is 1. The molecule has 3 rings (SSSR count). The largest absolute Gasteiger partial charge is 0.497 e. The van der Waals surface area contributed by atoms with E-state index in [0.717, 1.165) is 22.7 Å². The minimum atomic E-state index is -0.00291. The molecule has 26 heavy (non-hydrogen) atoms. The Morgan fingerprint density at radius 3 is 2.19 bits per heavy atom. The van der Waals surface area contributed by atoms with Crippen LogP contribution in [0, 0.1) is 13.8 Å². The first-order valence-electron chi connectivity index (χ1n) is 8.84. The highest BCUT2D eigenvalue weighted by Crippen LogP contribution is 2.16. The molecule has 0 bridgehead atoms. The summed E-state index contributed by atoms with van der Waals surface area (Å²) in [5.41, 5.74) is 3.80. The summed E-state index contributed by atoms with van der Waals surface area (Å²) in [5.74, 6) is 0.841. The number of methoxy groups -OCH3 is 1. The number of benzene rings is 1. The molecule has 2 aromatic rings. The van der Waals surface area contributed by atoms with Crippen LogP contribution in [0.3, 0.4) is 0 Å². The molecule has 1 aromatic carbocycles. The molecule has 0 saturated carbocycles. The molecule has 0 atom stereocenters. The number of aromatic amines is 1. The Bertz CT molecular complexity index is 787. The van der Waals surface area contributed by atoms with Crippen LogP contribution in [0.2, 0.25) is 0 Å². The van der Waals surface area contributed by atoms with Gasteiger partial charge in [0, 0.05) is 43.1 Å². The molecule has 1 aliphatic heterocycles. The van der Waals surface area contributed by atoms with Crippen molar-refractivity contribution >= 4 is 11.8 Å². The van der Waals surface area contributed by atoms with Gasteiger partial charge in [-0.05, 0) is 49.7 Å². The predicted molar refractivity (Wildman–Crippen MR) is 99.4 cm³/mol. The second-order valence-electron chi connectivity index (χ2n) is 6.68. The van der Waals surface area contributed by atoms with Crippen LogP contribution in [0.1, 0.15) is 27.3 Å². The Hall–Kier alpha value is -2.76. The maximum absolute atomic E-state index is 12.6. The smallest absolute Gasteiger partial charge is 0.253 e. The van der Waals surface area contributed by atoms with E-state index in [0.29, 0.717) is 38.2 Å². The molecule has 0 spiro atoms. The molecule has 2 heterocycles. The predicted octanol–water partition coefficient (Wildman–Crippen LogP) is 2.17. The maximum atomic E-state index is 12.6. The van der Waals surface area contributed by atoms with Crippen LogP contribution in [-0.2, 0) is 11.2 Å². The molecule has 138 valence electrons. The molecule has 1 aliphatic rings. The number of amides is 2. The standard InChI is InChI=1S/C20H25N3O3/c1-14-12-17(15(2)21-14)13-19(24)22-8-10-23(11-9-22)20(25)16-4-6-18(26-3)7-5-16/h4-7,12,21H,8-11,13H2,1-3H3. The Kier molecular flexibility index (Phi) is 5.30. The van der Waals surface area contributed by atoms with Gasteiger partial charge in [-0.2, -0.15) is 0 Å². The van der Waals surface area contributed by atoms with Crippen molar-refractivity contribution < 1.29 is 14.3 Å². The summed E-state index contributed by atoms with van der Waals surface area (Å²) in [6.45, 7) is 6.24. The second-order valence-corrected chi connectivity index (χ2v) is 6.68. The summed E-state index contributed by atoms with van der Waals surface area (Å²) in [7, 11) is 1.60. The van der Waals surface area contributed by atoms with Crippen LogP contribution in [-0.4, -0.2) is 59.9 Å². The summed E-state index contributed by atoms with van der Waals surface area (Å²) in [4.78, 5) is 32.0. The number of aryl methyl sites for hydroxylation is 2. The lowest BCUT2D eigenvalue weighted by Gasteiger charge is -2.35. The lowest BCUT2D eigenvalue weighted by Crippen LogP contribution is -2.51. The fourth-order valence-corrected chi connectivity index (χ4v) is 3.32. The number of nitrogens with zero attached hydrogens (tertiary/aromatic N) is 2. The number of carbonyl (C=O) groups excluding carboxylic acids is 2. The van der Waals surface area contributed by atoms with Gasteiger partial charge in [0.1, 0.15) is 5.75 Å². The van der Waals surface area contributed by atoms with Crippen molar-refractivity contribution in [2.45, 2.75) is 20.3 Å². The van der Waals surface area contributed by atoms with Crippen molar-refractivity contribution in [3.8, 4) is 5.75 Å². The van der Waals surface area contributed by atoms with Crippen molar-refractivity contribution in [2.75, 3.05) is 33.3 Å². The minimum Gasteiger partial charge on any atom is -0.497 e.